The predicted octanol–water partition coefficient (Wildman–Crippen LogP) is 5.09. The Morgan fingerprint density at radius 3 is 2.69 bits per heavy atom. The SMILES string of the molecule is C#Cc1ccc2c(c1)[nH]c1c2c(=O)c2cc(OCC)c(-c3cncc(S(=O)(=O)F)c3)cc2n1C1CCOCC1. The molecule has 198 valence electrons. The smallest absolute Gasteiger partial charge is 0.333 e. The van der Waals surface area contributed by atoms with Crippen molar-refractivity contribution in [3.05, 3.63) is 64.6 Å². The van der Waals surface area contributed by atoms with Gasteiger partial charge in [0, 0.05) is 59.2 Å². The molecule has 39 heavy (non-hydrogen) atoms. The van der Waals surface area contributed by atoms with Gasteiger partial charge in [0.25, 0.3) is 0 Å². The minimum absolute atomic E-state index is 0.0194. The van der Waals surface area contributed by atoms with E-state index in [2.05, 4.69) is 20.5 Å². The van der Waals surface area contributed by atoms with Crippen LogP contribution in [0.4, 0.5) is 3.89 Å². The lowest BCUT2D eigenvalue weighted by Gasteiger charge is -2.28. The highest BCUT2D eigenvalue weighted by Gasteiger charge is 2.25. The molecule has 6 rings (SSSR count). The topological polar surface area (TPSA) is 103 Å². The van der Waals surface area contributed by atoms with E-state index in [0.717, 1.165) is 29.9 Å². The molecule has 0 unspecified atom stereocenters. The number of aromatic amines is 1. The molecule has 8 nitrogen and oxygen atoms in total. The molecule has 4 heterocycles. The maximum atomic E-state index is 14.0. The summed E-state index contributed by atoms with van der Waals surface area (Å²) in [4.78, 5) is 20.9. The van der Waals surface area contributed by atoms with Crippen molar-refractivity contribution >= 4 is 43.1 Å². The zero-order valence-electron chi connectivity index (χ0n) is 21.0. The maximum Gasteiger partial charge on any atom is 0.333 e. The van der Waals surface area contributed by atoms with Crippen LogP contribution in [0, 0.1) is 12.3 Å². The van der Waals surface area contributed by atoms with Crippen LogP contribution in [0.15, 0.2) is 58.5 Å². The van der Waals surface area contributed by atoms with Crippen LogP contribution >= 0.6 is 0 Å². The summed E-state index contributed by atoms with van der Waals surface area (Å²) < 4.78 is 50.7. The molecule has 5 aromatic rings. The van der Waals surface area contributed by atoms with E-state index < -0.39 is 15.1 Å². The van der Waals surface area contributed by atoms with E-state index in [-0.39, 0.29) is 11.5 Å². The first-order valence-corrected chi connectivity index (χ1v) is 13.9. The van der Waals surface area contributed by atoms with Gasteiger partial charge in [-0.05, 0) is 50.1 Å². The van der Waals surface area contributed by atoms with Crippen molar-refractivity contribution in [3.63, 3.8) is 0 Å². The van der Waals surface area contributed by atoms with Crippen molar-refractivity contribution in [3.8, 4) is 29.2 Å². The quantitative estimate of drug-likeness (QED) is 0.244. The van der Waals surface area contributed by atoms with Gasteiger partial charge in [-0.1, -0.05) is 12.0 Å². The number of pyridine rings is 2. The average Bonchev–Trinajstić information content (AvgIpc) is 3.32. The molecular weight excluding hydrogens is 521 g/mol. The van der Waals surface area contributed by atoms with Crippen LogP contribution < -0.4 is 10.2 Å². The minimum atomic E-state index is -4.97. The third-order valence-corrected chi connectivity index (χ3v) is 7.96. The normalized spacial score (nSPS) is 14.7. The van der Waals surface area contributed by atoms with Crippen LogP contribution in [-0.4, -0.2) is 42.8 Å². The number of aromatic nitrogens is 3. The van der Waals surface area contributed by atoms with E-state index in [9.17, 15) is 17.1 Å². The van der Waals surface area contributed by atoms with Crippen molar-refractivity contribution in [2.75, 3.05) is 19.8 Å². The van der Waals surface area contributed by atoms with E-state index in [1.807, 2.05) is 18.2 Å². The number of benzene rings is 2. The second-order valence-corrected chi connectivity index (χ2v) is 10.8. The lowest BCUT2D eigenvalue weighted by Crippen LogP contribution is -2.22. The molecule has 0 aliphatic carbocycles. The Bertz CT molecular complexity index is 1980. The third kappa shape index (κ3) is 4.24. The molecular formula is C29H24FN3O5S. The Morgan fingerprint density at radius 2 is 1.97 bits per heavy atom. The van der Waals surface area contributed by atoms with E-state index in [1.54, 1.807) is 19.1 Å². The first-order valence-electron chi connectivity index (χ1n) is 12.5. The standard InChI is InChI=1S/C29H24FN3O5S/c1-3-17-5-6-21-24(11-17)32-29-27(21)28(34)23-14-26(38-4-2)22(18-12-20(16-31-15-18)39(30,35)36)13-25(23)33(29)19-7-9-37-10-8-19/h1,5-6,11-16,19,32H,4,7-10H2,2H3. The van der Waals surface area contributed by atoms with Crippen molar-refractivity contribution in [1.29, 1.82) is 0 Å². The summed E-state index contributed by atoms with van der Waals surface area (Å²) in [6, 6.07) is 10.2. The summed E-state index contributed by atoms with van der Waals surface area (Å²) in [7, 11) is -4.97. The number of rotatable bonds is 5. The molecule has 0 radical (unpaired) electrons. The minimum Gasteiger partial charge on any atom is -0.493 e. The van der Waals surface area contributed by atoms with Crippen molar-refractivity contribution in [2.24, 2.45) is 0 Å². The fraction of sp³-hybridized carbons (Fsp3) is 0.241. The number of hydrogen-bond acceptors (Lipinski definition) is 6. The second kappa shape index (κ2) is 9.52. The van der Waals surface area contributed by atoms with Gasteiger partial charge >= 0.3 is 10.2 Å². The summed E-state index contributed by atoms with van der Waals surface area (Å²) in [6.07, 6.45) is 9.49. The number of terminal acetylenes is 1. The summed E-state index contributed by atoms with van der Waals surface area (Å²) in [5.41, 5.74) is 3.41. The van der Waals surface area contributed by atoms with Crippen molar-refractivity contribution in [1.82, 2.24) is 14.5 Å². The number of H-pyrrole nitrogens is 1. The van der Waals surface area contributed by atoms with Crippen LogP contribution in [0.25, 0.3) is 44.0 Å². The maximum absolute atomic E-state index is 14.0. The van der Waals surface area contributed by atoms with Gasteiger partial charge in [0.15, 0.2) is 5.43 Å². The molecule has 0 atom stereocenters. The molecule has 1 aliphatic heterocycles. The van der Waals surface area contributed by atoms with Crippen LogP contribution in [0.1, 0.15) is 31.4 Å². The Balaban J connectivity index is 1.74. The van der Waals surface area contributed by atoms with Crippen LogP contribution in [-0.2, 0) is 15.0 Å². The Labute approximate surface area is 223 Å². The van der Waals surface area contributed by atoms with Gasteiger partial charge in [0.05, 0.1) is 22.9 Å². The number of nitrogens with zero attached hydrogens (tertiary/aromatic N) is 2. The Kier molecular flexibility index (Phi) is 6.13. The molecule has 2 aromatic carbocycles. The molecule has 10 heteroatoms. The molecule has 0 amide bonds. The zero-order chi connectivity index (χ0) is 27.3. The van der Waals surface area contributed by atoms with Crippen LogP contribution in [0.2, 0.25) is 0 Å². The highest BCUT2D eigenvalue weighted by atomic mass is 32.3. The molecule has 1 saturated heterocycles. The van der Waals surface area contributed by atoms with Crippen molar-refractivity contribution < 1.29 is 21.8 Å². The molecule has 3 aromatic heterocycles. The lowest BCUT2D eigenvalue weighted by atomic mass is 10.00. The molecule has 1 N–H and O–H groups in total. The number of halogens is 1. The van der Waals surface area contributed by atoms with E-state index >= 15 is 0 Å². The van der Waals surface area contributed by atoms with Gasteiger partial charge in [-0.3, -0.25) is 9.78 Å². The monoisotopic (exact) mass is 545 g/mol. The Morgan fingerprint density at radius 1 is 1.18 bits per heavy atom. The van der Waals surface area contributed by atoms with Gasteiger partial charge in [-0.25, -0.2) is 0 Å². The fourth-order valence-electron chi connectivity index (χ4n) is 5.41. The van der Waals surface area contributed by atoms with Gasteiger partial charge < -0.3 is 19.0 Å². The second-order valence-electron chi connectivity index (χ2n) is 9.44. The number of hydrogen-bond donors (Lipinski definition) is 1. The van der Waals surface area contributed by atoms with Gasteiger partial charge in [0.1, 0.15) is 16.3 Å². The molecule has 1 fully saturated rings. The predicted molar refractivity (Wildman–Crippen MR) is 147 cm³/mol. The summed E-state index contributed by atoms with van der Waals surface area (Å²) in [5.74, 6) is 3.00. The average molecular weight is 546 g/mol. The van der Waals surface area contributed by atoms with E-state index in [0.29, 0.717) is 64.2 Å². The largest absolute Gasteiger partial charge is 0.493 e. The summed E-state index contributed by atoms with van der Waals surface area (Å²) in [6.45, 7) is 3.25. The first-order chi connectivity index (χ1) is 18.8. The number of nitrogens with one attached hydrogen (secondary N) is 1. The van der Waals surface area contributed by atoms with Gasteiger partial charge in [-0.15, -0.1) is 10.3 Å². The Hall–Kier alpha value is -4.20. The van der Waals surface area contributed by atoms with Crippen molar-refractivity contribution in [2.45, 2.75) is 30.7 Å². The van der Waals surface area contributed by atoms with E-state index in [1.165, 1.54) is 12.3 Å². The first kappa shape index (κ1) is 25.1. The van der Waals surface area contributed by atoms with Crippen LogP contribution in [0.3, 0.4) is 0 Å². The number of fused-ring (bicyclic) bond motifs is 4. The highest BCUT2D eigenvalue weighted by molar-refractivity contribution is 7.86. The fourth-order valence-corrected chi connectivity index (χ4v) is 5.87. The summed E-state index contributed by atoms with van der Waals surface area (Å²) >= 11 is 0. The highest BCUT2D eigenvalue weighted by Crippen LogP contribution is 2.38. The molecule has 0 saturated carbocycles. The summed E-state index contributed by atoms with van der Waals surface area (Å²) in [5, 5.41) is 1.77. The molecule has 0 bridgehead atoms. The van der Waals surface area contributed by atoms with Gasteiger partial charge in [-0.2, -0.15) is 8.42 Å². The third-order valence-electron chi connectivity index (χ3n) is 7.18. The zero-order valence-corrected chi connectivity index (χ0v) is 21.8. The lowest BCUT2D eigenvalue weighted by molar-refractivity contribution is 0.0715. The van der Waals surface area contributed by atoms with Gasteiger partial charge in [0.2, 0.25) is 0 Å². The molecule has 0 spiro atoms. The number of ether oxygens (including phenoxy) is 2. The van der Waals surface area contributed by atoms with E-state index in [4.69, 9.17) is 15.9 Å². The molecule has 1 aliphatic rings. The van der Waals surface area contributed by atoms with Crippen LogP contribution in [0.5, 0.6) is 5.75 Å².